The van der Waals surface area contributed by atoms with Crippen LogP contribution in [0.5, 0.6) is 0 Å². The minimum absolute atomic E-state index is 0.230. The van der Waals surface area contributed by atoms with E-state index in [1.54, 1.807) is 0 Å². The van der Waals surface area contributed by atoms with Gasteiger partial charge in [0.25, 0.3) is 0 Å². The Morgan fingerprint density at radius 2 is 1.64 bits per heavy atom. The lowest BCUT2D eigenvalue weighted by atomic mass is 10.2. The van der Waals surface area contributed by atoms with Gasteiger partial charge in [-0.15, -0.1) is 0 Å². The number of aliphatic imine (C=N–C) groups is 1. The fourth-order valence-electron chi connectivity index (χ4n) is 2.83. The van der Waals surface area contributed by atoms with E-state index in [2.05, 4.69) is 39.3 Å². The summed E-state index contributed by atoms with van der Waals surface area (Å²) in [6.07, 6.45) is 3.63. The predicted molar refractivity (Wildman–Crippen MR) is 87.6 cm³/mol. The van der Waals surface area contributed by atoms with Crippen molar-refractivity contribution in [2.45, 2.75) is 20.0 Å². The second-order valence-electron chi connectivity index (χ2n) is 5.47. The maximum atomic E-state index is 4.67. The highest BCUT2D eigenvalue weighted by molar-refractivity contribution is 5.73. The van der Waals surface area contributed by atoms with Gasteiger partial charge < -0.3 is 4.40 Å². The number of fused-ring (bicyclic) bond motifs is 2. The Labute approximate surface area is 128 Å². The number of aryl methyl sites for hydroxylation is 1. The van der Waals surface area contributed by atoms with Gasteiger partial charge >= 0.3 is 0 Å². The third-order valence-corrected chi connectivity index (χ3v) is 4.12. The Morgan fingerprint density at radius 3 is 2.36 bits per heavy atom. The molecule has 0 aliphatic carbocycles. The van der Waals surface area contributed by atoms with Gasteiger partial charge in [0.15, 0.2) is 6.17 Å². The Kier molecular flexibility index (Phi) is 2.89. The summed E-state index contributed by atoms with van der Waals surface area (Å²) in [5.74, 6) is 0.953. The van der Waals surface area contributed by atoms with Gasteiger partial charge in [-0.2, -0.15) is 0 Å². The molecule has 4 heteroatoms. The number of para-hydroxylation sites is 2. The molecule has 0 saturated carbocycles. The summed E-state index contributed by atoms with van der Waals surface area (Å²) in [6.45, 7) is 4.23. The van der Waals surface area contributed by atoms with Crippen molar-refractivity contribution in [1.82, 2.24) is 4.40 Å². The van der Waals surface area contributed by atoms with Crippen LogP contribution < -0.4 is 10.7 Å². The lowest BCUT2D eigenvalue weighted by Gasteiger charge is -1.99. The van der Waals surface area contributed by atoms with Gasteiger partial charge in [0, 0.05) is 6.20 Å². The topological polar surface area (TPSA) is 41.5 Å². The molecule has 0 saturated heterocycles. The molecular weight excluding hydrogens is 272 g/mol. The molecule has 0 radical (unpaired) electrons. The number of rotatable bonds is 2. The molecular formula is C18H16N4. The van der Waals surface area contributed by atoms with E-state index in [0.29, 0.717) is 0 Å². The Hall–Kier alpha value is -2.75. The molecule has 2 aromatic heterocycles. The predicted octanol–water partition coefficient (Wildman–Crippen LogP) is 2.54. The number of hydrogen-bond donors (Lipinski definition) is 0. The number of pyridine rings is 1. The number of benzene rings is 1. The molecule has 1 aliphatic rings. The second kappa shape index (κ2) is 4.91. The minimum Gasteiger partial charge on any atom is -0.301 e. The van der Waals surface area contributed by atoms with Crippen LogP contribution in [0.2, 0.25) is 0 Å². The van der Waals surface area contributed by atoms with Crippen molar-refractivity contribution >= 4 is 17.5 Å². The summed E-state index contributed by atoms with van der Waals surface area (Å²) in [7, 11) is 0. The summed E-state index contributed by atoms with van der Waals surface area (Å²) in [6, 6.07) is 14.1. The van der Waals surface area contributed by atoms with E-state index in [1.165, 1.54) is 16.6 Å². The molecule has 0 amide bonds. The van der Waals surface area contributed by atoms with E-state index >= 15 is 0 Å². The SMILES string of the molecule is Cc1c(C)c2ccccn2c1N=CC1N=c2ccccc2=N1. The third-order valence-electron chi connectivity index (χ3n) is 4.12. The van der Waals surface area contributed by atoms with Gasteiger partial charge in [0.2, 0.25) is 0 Å². The fourth-order valence-corrected chi connectivity index (χ4v) is 2.83. The van der Waals surface area contributed by atoms with Crippen molar-refractivity contribution in [3.05, 3.63) is 70.5 Å². The first kappa shape index (κ1) is 13.0. The molecule has 4 rings (SSSR count). The van der Waals surface area contributed by atoms with Crippen LogP contribution in [0, 0.1) is 13.8 Å². The standard InChI is InChI=1S/C18H16N4/c1-12-13(2)18(22-10-6-5-9-16(12)22)19-11-17-20-14-7-3-4-8-15(14)21-17/h3-11,17H,1-2H3. The summed E-state index contributed by atoms with van der Waals surface area (Å²) in [5.41, 5.74) is 3.64. The van der Waals surface area contributed by atoms with E-state index in [9.17, 15) is 0 Å². The van der Waals surface area contributed by atoms with E-state index in [0.717, 1.165) is 16.5 Å². The van der Waals surface area contributed by atoms with Gasteiger partial charge in [-0.3, -0.25) is 9.98 Å². The van der Waals surface area contributed by atoms with Crippen LogP contribution in [0.1, 0.15) is 11.1 Å². The molecule has 1 aliphatic heterocycles. The summed E-state index contributed by atoms with van der Waals surface area (Å²) in [4.78, 5) is 13.8. The molecule has 4 nitrogen and oxygen atoms in total. The first-order valence-corrected chi connectivity index (χ1v) is 7.35. The maximum Gasteiger partial charge on any atom is 0.176 e. The van der Waals surface area contributed by atoms with Gasteiger partial charge in [0.1, 0.15) is 5.82 Å². The zero-order chi connectivity index (χ0) is 15.1. The number of aromatic nitrogens is 1. The largest absolute Gasteiger partial charge is 0.301 e. The van der Waals surface area contributed by atoms with Gasteiger partial charge in [-0.25, -0.2) is 4.99 Å². The number of nitrogens with zero attached hydrogens (tertiary/aromatic N) is 4. The average Bonchev–Trinajstić information content (AvgIpc) is 3.06. The smallest absolute Gasteiger partial charge is 0.176 e. The van der Waals surface area contributed by atoms with Crippen molar-refractivity contribution in [3.8, 4) is 0 Å². The molecule has 3 heterocycles. The van der Waals surface area contributed by atoms with Gasteiger partial charge in [-0.05, 0) is 49.2 Å². The average molecular weight is 288 g/mol. The lowest BCUT2D eigenvalue weighted by molar-refractivity contribution is 0.930. The van der Waals surface area contributed by atoms with Crippen LogP contribution in [-0.2, 0) is 0 Å². The first-order chi connectivity index (χ1) is 10.7. The zero-order valence-electron chi connectivity index (χ0n) is 12.6. The van der Waals surface area contributed by atoms with Gasteiger partial charge in [0.05, 0.1) is 22.4 Å². The van der Waals surface area contributed by atoms with E-state index in [4.69, 9.17) is 0 Å². The molecule has 1 aromatic carbocycles. The van der Waals surface area contributed by atoms with Crippen molar-refractivity contribution in [2.75, 3.05) is 0 Å². The molecule has 108 valence electrons. The third kappa shape index (κ3) is 1.96. The molecule has 0 unspecified atom stereocenters. The van der Waals surface area contributed by atoms with Crippen LogP contribution in [-0.4, -0.2) is 16.8 Å². The van der Waals surface area contributed by atoms with E-state index in [-0.39, 0.29) is 6.17 Å². The Bertz CT molecular complexity index is 976. The van der Waals surface area contributed by atoms with Gasteiger partial charge in [-0.1, -0.05) is 18.2 Å². The quantitative estimate of drug-likeness (QED) is 0.650. The zero-order valence-corrected chi connectivity index (χ0v) is 12.6. The van der Waals surface area contributed by atoms with Crippen molar-refractivity contribution in [3.63, 3.8) is 0 Å². The normalized spacial score (nSPS) is 14.3. The molecule has 0 bridgehead atoms. The van der Waals surface area contributed by atoms with Crippen molar-refractivity contribution < 1.29 is 0 Å². The maximum absolute atomic E-state index is 4.67. The van der Waals surface area contributed by atoms with Crippen molar-refractivity contribution in [2.24, 2.45) is 15.0 Å². The molecule has 0 atom stereocenters. The van der Waals surface area contributed by atoms with Crippen LogP contribution in [0.3, 0.4) is 0 Å². The molecule has 0 fully saturated rings. The Balaban J connectivity index is 1.76. The van der Waals surface area contributed by atoms with Crippen LogP contribution in [0.4, 0.5) is 5.82 Å². The molecule has 3 aromatic rings. The first-order valence-electron chi connectivity index (χ1n) is 7.35. The highest BCUT2D eigenvalue weighted by atomic mass is 15.1. The van der Waals surface area contributed by atoms with Crippen LogP contribution >= 0.6 is 0 Å². The van der Waals surface area contributed by atoms with E-state index in [1.807, 2.05) is 48.8 Å². The number of hydrogen-bond acceptors (Lipinski definition) is 3. The summed E-state index contributed by atoms with van der Waals surface area (Å²) in [5, 5.41) is 1.87. The van der Waals surface area contributed by atoms with Crippen molar-refractivity contribution in [1.29, 1.82) is 0 Å². The van der Waals surface area contributed by atoms with E-state index < -0.39 is 0 Å². The molecule has 0 N–H and O–H groups in total. The Morgan fingerprint density at radius 1 is 0.955 bits per heavy atom. The minimum atomic E-state index is -0.230. The second-order valence-corrected chi connectivity index (χ2v) is 5.47. The highest BCUT2D eigenvalue weighted by Crippen LogP contribution is 2.28. The fraction of sp³-hybridized carbons (Fsp3) is 0.167. The molecule has 22 heavy (non-hydrogen) atoms. The summed E-state index contributed by atoms with van der Waals surface area (Å²) >= 11 is 0. The van der Waals surface area contributed by atoms with Crippen LogP contribution in [0.25, 0.3) is 5.52 Å². The highest BCUT2D eigenvalue weighted by Gasteiger charge is 2.11. The summed E-state index contributed by atoms with van der Waals surface area (Å²) < 4.78 is 2.11. The van der Waals surface area contributed by atoms with Crippen LogP contribution in [0.15, 0.2) is 63.6 Å². The monoisotopic (exact) mass is 288 g/mol. The molecule has 0 spiro atoms. The lowest BCUT2D eigenvalue weighted by Crippen LogP contribution is -2.19.